The van der Waals surface area contributed by atoms with Gasteiger partial charge < -0.3 is 5.11 Å². The molecule has 1 aromatic carbocycles. The van der Waals surface area contributed by atoms with Crippen molar-refractivity contribution in [1.29, 1.82) is 0 Å². The minimum atomic E-state index is -0.303. The molecule has 0 fully saturated rings. The topological polar surface area (TPSA) is 20.2 Å². The number of thiophene rings is 1. The summed E-state index contributed by atoms with van der Waals surface area (Å²) < 4.78 is 1.12. The molecule has 1 heterocycles. The highest BCUT2D eigenvalue weighted by atomic mass is 79.9. The summed E-state index contributed by atoms with van der Waals surface area (Å²) in [6, 6.07) is 12.4. The van der Waals surface area contributed by atoms with E-state index in [0.717, 1.165) is 16.6 Å². The maximum Gasteiger partial charge on any atom is 0.0701 e. The Bertz CT molecular complexity index is 475. The molecule has 0 amide bonds. The van der Waals surface area contributed by atoms with Crippen molar-refractivity contribution in [2.45, 2.75) is 25.9 Å². The second-order valence-corrected chi connectivity index (χ2v) is 6.80. The van der Waals surface area contributed by atoms with E-state index in [-0.39, 0.29) is 6.10 Å². The van der Waals surface area contributed by atoms with Crippen molar-refractivity contribution < 1.29 is 5.11 Å². The van der Waals surface area contributed by atoms with E-state index in [4.69, 9.17) is 0 Å². The number of aryl methyl sites for hydroxylation is 1. The Labute approximate surface area is 114 Å². The third-order valence-corrected chi connectivity index (χ3v) is 4.30. The molecular formula is C14H15BrOS. The summed E-state index contributed by atoms with van der Waals surface area (Å²) in [7, 11) is 0. The standard InChI is InChI=1S/C14H15BrOS/c1-10-2-4-11(5-3-10)8-12(16)9-13-6-7-14(15)17-13/h2-7,12,16H,8-9H2,1H3. The molecule has 1 N–H and O–H groups in total. The van der Waals surface area contributed by atoms with Crippen LogP contribution >= 0.6 is 27.3 Å². The zero-order valence-electron chi connectivity index (χ0n) is 9.69. The van der Waals surface area contributed by atoms with Gasteiger partial charge in [0, 0.05) is 11.3 Å². The zero-order chi connectivity index (χ0) is 12.3. The fourth-order valence-electron chi connectivity index (χ4n) is 1.76. The number of aliphatic hydroxyl groups is 1. The fraction of sp³-hybridized carbons (Fsp3) is 0.286. The molecule has 0 aliphatic heterocycles. The highest BCUT2D eigenvalue weighted by Crippen LogP contribution is 2.23. The third-order valence-electron chi connectivity index (χ3n) is 2.66. The predicted molar refractivity (Wildman–Crippen MR) is 76.6 cm³/mol. The molecule has 2 rings (SSSR count). The molecule has 0 aliphatic rings. The van der Waals surface area contributed by atoms with Gasteiger partial charge in [-0.2, -0.15) is 0 Å². The van der Waals surface area contributed by atoms with Crippen LogP contribution in [0.25, 0.3) is 0 Å². The molecule has 0 aliphatic carbocycles. The number of aliphatic hydroxyl groups excluding tert-OH is 1. The summed E-state index contributed by atoms with van der Waals surface area (Å²) in [5.74, 6) is 0. The van der Waals surface area contributed by atoms with E-state index in [1.54, 1.807) is 11.3 Å². The first-order valence-electron chi connectivity index (χ1n) is 5.61. The predicted octanol–water partition coefficient (Wildman–Crippen LogP) is 3.97. The molecule has 0 spiro atoms. The molecule has 0 saturated carbocycles. The number of halogens is 1. The number of hydrogen-bond donors (Lipinski definition) is 1. The summed E-state index contributed by atoms with van der Waals surface area (Å²) in [6.07, 6.45) is 1.14. The van der Waals surface area contributed by atoms with Crippen molar-refractivity contribution in [2.75, 3.05) is 0 Å². The minimum absolute atomic E-state index is 0.303. The highest BCUT2D eigenvalue weighted by molar-refractivity contribution is 9.11. The lowest BCUT2D eigenvalue weighted by Gasteiger charge is -2.09. The van der Waals surface area contributed by atoms with Crippen molar-refractivity contribution in [3.8, 4) is 0 Å². The van der Waals surface area contributed by atoms with Crippen LogP contribution < -0.4 is 0 Å². The SMILES string of the molecule is Cc1ccc(CC(O)Cc2ccc(Br)s2)cc1. The summed E-state index contributed by atoms with van der Waals surface area (Å²) in [5, 5.41) is 10.0. The third kappa shape index (κ3) is 3.95. The summed E-state index contributed by atoms with van der Waals surface area (Å²) >= 11 is 5.12. The second kappa shape index (κ2) is 5.80. The lowest BCUT2D eigenvalue weighted by molar-refractivity contribution is 0.176. The normalized spacial score (nSPS) is 12.6. The van der Waals surface area contributed by atoms with Crippen LogP contribution in [-0.2, 0) is 12.8 Å². The number of rotatable bonds is 4. The van der Waals surface area contributed by atoms with Crippen LogP contribution in [0.15, 0.2) is 40.2 Å². The summed E-state index contributed by atoms with van der Waals surface area (Å²) in [5.41, 5.74) is 2.45. The molecule has 3 heteroatoms. The van der Waals surface area contributed by atoms with E-state index in [9.17, 15) is 5.11 Å². The lowest BCUT2D eigenvalue weighted by atomic mass is 10.0. The summed E-state index contributed by atoms with van der Waals surface area (Å²) in [4.78, 5) is 1.22. The van der Waals surface area contributed by atoms with Gasteiger partial charge in [-0.25, -0.2) is 0 Å². The van der Waals surface area contributed by atoms with Crippen molar-refractivity contribution in [2.24, 2.45) is 0 Å². The van der Waals surface area contributed by atoms with Crippen molar-refractivity contribution in [1.82, 2.24) is 0 Å². The van der Waals surface area contributed by atoms with Gasteiger partial charge in [0.1, 0.15) is 0 Å². The van der Waals surface area contributed by atoms with Gasteiger partial charge >= 0.3 is 0 Å². The molecule has 0 radical (unpaired) electrons. The van der Waals surface area contributed by atoms with Gasteiger partial charge in [-0.05, 0) is 47.0 Å². The molecule has 1 unspecified atom stereocenters. The Morgan fingerprint density at radius 3 is 2.41 bits per heavy atom. The lowest BCUT2D eigenvalue weighted by Crippen LogP contribution is -2.13. The Morgan fingerprint density at radius 2 is 1.82 bits per heavy atom. The largest absolute Gasteiger partial charge is 0.392 e. The highest BCUT2D eigenvalue weighted by Gasteiger charge is 2.08. The average molecular weight is 311 g/mol. The van der Waals surface area contributed by atoms with E-state index in [1.165, 1.54) is 16.0 Å². The smallest absolute Gasteiger partial charge is 0.0701 e. The number of hydrogen-bond acceptors (Lipinski definition) is 2. The monoisotopic (exact) mass is 310 g/mol. The Morgan fingerprint density at radius 1 is 1.12 bits per heavy atom. The maximum absolute atomic E-state index is 10.0. The Kier molecular flexibility index (Phi) is 4.37. The van der Waals surface area contributed by atoms with Gasteiger partial charge in [0.05, 0.1) is 9.89 Å². The molecule has 0 bridgehead atoms. The molecule has 0 saturated heterocycles. The van der Waals surface area contributed by atoms with Crippen molar-refractivity contribution >= 4 is 27.3 Å². The first-order chi connectivity index (χ1) is 8.13. The van der Waals surface area contributed by atoms with Crippen LogP contribution in [0.1, 0.15) is 16.0 Å². The van der Waals surface area contributed by atoms with E-state index in [1.807, 2.05) is 6.07 Å². The molecule has 17 heavy (non-hydrogen) atoms. The second-order valence-electron chi connectivity index (χ2n) is 4.25. The molecule has 1 atom stereocenters. The first kappa shape index (κ1) is 12.8. The van der Waals surface area contributed by atoms with Gasteiger partial charge in [0.2, 0.25) is 0 Å². The van der Waals surface area contributed by atoms with Crippen LogP contribution in [-0.4, -0.2) is 11.2 Å². The van der Waals surface area contributed by atoms with Crippen LogP contribution in [0.5, 0.6) is 0 Å². The molecule has 90 valence electrons. The van der Waals surface area contributed by atoms with E-state index in [2.05, 4.69) is 53.2 Å². The van der Waals surface area contributed by atoms with Gasteiger partial charge in [-0.3, -0.25) is 0 Å². The van der Waals surface area contributed by atoms with E-state index in [0.29, 0.717) is 0 Å². The van der Waals surface area contributed by atoms with Crippen LogP contribution in [0.4, 0.5) is 0 Å². The molecular weight excluding hydrogens is 296 g/mol. The van der Waals surface area contributed by atoms with E-state index >= 15 is 0 Å². The van der Waals surface area contributed by atoms with Crippen LogP contribution in [0.2, 0.25) is 0 Å². The Hall–Kier alpha value is -0.640. The fourth-order valence-corrected chi connectivity index (χ4v) is 3.32. The number of benzene rings is 1. The zero-order valence-corrected chi connectivity index (χ0v) is 12.1. The molecule has 2 aromatic rings. The van der Waals surface area contributed by atoms with Crippen molar-refractivity contribution in [3.05, 3.63) is 56.2 Å². The first-order valence-corrected chi connectivity index (χ1v) is 7.22. The molecule has 1 aromatic heterocycles. The van der Waals surface area contributed by atoms with E-state index < -0.39 is 0 Å². The van der Waals surface area contributed by atoms with Crippen LogP contribution in [0.3, 0.4) is 0 Å². The van der Waals surface area contributed by atoms with Crippen LogP contribution in [0, 0.1) is 6.92 Å². The van der Waals surface area contributed by atoms with Gasteiger partial charge in [-0.15, -0.1) is 11.3 Å². The van der Waals surface area contributed by atoms with Crippen molar-refractivity contribution in [3.63, 3.8) is 0 Å². The maximum atomic E-state index is 10.0. The van der Waals surface area contributed by atoms with Gasteiger partial charge in [-0.1, -0.05) is 29.8 Å². The van der Waals surface area contributed by atoms with Gasteiger partial charge in [0.25, 0.3) is 0 Å². The van der Waals surface area contributed by atoms with Gasteiger partial charge in [0.15, 0.2) is 0 Å². The minimum Gasteiger partial charge on any atom is -0.392 e. The summed E-state index contributed by atoms with van der Waals surface area (Å²) in [6.45, 7) is 2.07. The quantitative estimate of drug-likeness (QED) is 0.906. The average Bonchev–Trinajstić information content (AvgIpc) is 2.67. The molecule has 1 nitrogen and oxygen atoms in total. The Balaban J connectivity index is 1.93.